The van der Waals surface area contributed by atoms with Gasteiger partial charge in [-0.25, -0.2) is 9.69 Å². The maximum absolute atomic E-state index is 12.6. The molecule has 5 nitrogen and oxygen atoms in total. The minimum atomic E-state index is -1.14. The van der Waals surface area contributed by atoms with Gasteiger partial charge in [0, 0.05) is 5.02 Å². The summed E-state index contributed by atoms with van der Waals surface area (Å²) in [6.45, 7) is 0. The van der Waals surface area contributed by atoms with Gasteiger partial charge in [0.25, 0.3) is 5.91 Å². The van der Waals surface area contributed by atoms with E-state index in [1.165, 1.54) is 18.2 Å². The molecule has 2 N–H and O–H groups in total. The van der Waals surface area contributed by atoms with Crippen LogP contribution in [0.15, 0.2) is 30.3 Å². The molecule has 0 saturated heterocycles. The highest BCUT2D eigenvalue weighted by atomic mass is 35.5. The summed E-state index contributed by atoms with van der Waals surface area (Å²) < 4.78 is 0.437. The molecule has 22 heavy (non-hydrogen) atoms. The summed E-state index contributed by atoms with van der Waals surface area (Å²) in [6, 6.07) is 6.69. The van der Waals surface area contributed by atoms with Crippen molar-refractivity contribution < 1.29 is 14.4 Å². The summed E-state index contributed by atoms with van der Waals surface area (Å²) >= 11 is 12.8. The normalized spacial score (nSPS) is 16.7. The SMILES string of the molecule is NC(=O)N1C(=O)C(C(=O)c2ccc(Cl)s2)c2cc(Cl)ccc21. The highest BCUT2D eigenvalue weighted by molar-refractivity contribution is 7.18. The number of hydrogen-bond acceptors (Lipinski definition) is 4. The van der Waals surface area contributed by atoms with Gasteiger partial charge in [-0.1, -0.05) is 23.2 Å². The summed E-state index contributed by atoms with van der Waals surface area (Å²) in [6.07, 6.45) is 0. The molecular formula is C14H8Cl2N2O3S. The second kappa shape index (κ2) is 5.39. The van der Waals surface area contributed by atoms with Crippen molar-refractivity contribution in [2.75, 3.05) is 4.90 Å². The number of urea groups is 1. The molecule has 2 heterocycles. The van der Waals surface area contributed by atoms with Crippen molar-refractivity contribution in [2.45, 2.75) is 5.92 Å². The van der Waals surface area contributed by atoms with E-state index < -0.39 is 23.6 Å². The van der Waals surface area contributed by atoms with Crippen LogP contribution in [0.1, 0.15) is 21.2 Å². The summed E-state index contributed by atoms with van der Waals surface area (Å²) in [5.74, 6) is -2.26. The number of nitrogens with two attached hydrogens (primary N) is 1. The number of amides is 3. The Morgan fingerprint density at radius 1 is 1.18 bits per heavy atom. The Bertz CT molecular complexity index is 818. The van der Waals surface area contributed by atoms with Gasteiger partial charge in [0.1, 0.15) is 5.92 Å². The molecule has 1 aromatic heterocycles. The number of anilines is 1. The Morgan fingerprint density at radius 2 is 1.91 bits per heavy atom. The Kier molecular flexibility index (Phi) is 3.68. The van der Waals surface area contributed by atoms with E-state index in [-0.39, 0.29) is 5.69 Å². The molecule has 8 heteroatoms. The average Bonchev–Trinajstić information content (AvgIpc) is 2.98. The van der Waals surface area contributed by atoms with Gasteiger partial charge in [-0.05, 0) is 35.9 Å². The lowest BCUT2D eigenvalue weighted by atomic mass is 9.95. The van der Waals surface area contributed by atoms with Crippen LogP contribution >= 0.6 is 34.5 Å². The first-order valence-corrected chi connectivity index (χ1v) is 7.70. The lowest BCUT2D eigenvalue weighted by Crippen LogP contribution is -2.40. The summed E-state index contributed by atoms with van der Waals surface area (Å²) in [7, 11) is 0. The van der Waals surface area contributed by atoms with Gasteiger partial charge >= 0.3 is 6.03 Å². The van der Waals surface area contributed by atoms with Crippen molar-refractivity contribution in [1.82, 2.24) is 0 Å². The molecule has 3 rings (SSSR count). The van der Waals surface area contributed by atoms with Gasteiger partial charge in [0.05, 0.1) is 14.9 Å². The van der Waals surface area contributed by atoms with Gasteiger partial charge in [0.15, 0.2) is 5.78 Å². The van der Waals surface area contributed by atoms with E-state index in [4.69, 9.17) is 28.9 Å². The number of benzene rings is 1. The van der Waals surface area contributed by atoms with Crippen molar-refractivity contribution in [3.8, 4) is 0 Å². The number of primary amides is 1. The van der Waals surface area contributed by atoms with Crippen molar-refractivity contribution in [1.29, 1.82) is 0 Å². The molecule has 0 aliphatic carbocycles. The van der Waals surface area contributed by atoms with E-state index in [0.29, 0.717) is 19.8 Å². The van der Waals surface area contributed by atoms with Crippen LogP contribution in [0, 0.1) is 0 Å². The number of Topliss-reactive ketones (excluding diaryl/α,β-unsaturated/α-hetero) is 1. The second-order valence-electron chi connectivity index (χ2n) is 4.62. The fourth-order valence-electron chi connectivity index (χ4n) is 2.41. The zero-order chi connectivity index (χ0) is 16.0. The minimum absolute atomic E-state index is 0.280. The van der Waals surface area contributed by atoms with Crippen LogP contribution in [0.2, 0.25) is 9.36 Å². The van der Waals surface area contributed by atoms with Gasteiger partial charge < -0.3 is 5.73 Å². The van der Waals surface area contributed by atoms with Crippen molar-refractivity contribution in [3.63, 3.8) is 0 Å². The second-order valence-corrected chi connectivity index (χ2v) is 6.77. The zero-order valence-electron chi connectivity index (χ0n) is 10.9. The number of halogens is 2. The lowest BCUT2D eigenvalue weighted by molar-refractivity contribution is -0.117. The molecule has 1 atom stereocenters. The molecule has 1 aliphatic rings. The smallest absolute Gasteiger partial charge is 0.326 e. The number of carbonyl (C=O) groups excluding carboxylic acids is 3. The third-order valence-corrected chi connectivity index (χ3v) is 4.79. The Hall–Kier alpha value is -1.89. The molecule has 112 valence electrons. The molecule has 0 saturated carbocycles. The molecule has 2 aromatic rings. The van der Waals surface area contributed by atoms with Crippen LogP contribution < -0.4 is 10.6 Å². The number of ketones is 1. The fourth-order valence-corrected chi connectivity index (χ4v) is 3.60. The molecule has 0 fully saturated rings. The number of rotatable bonds is 2. The number of fused-ring (bicyclic) bond motifs is 1. The van der Waals surface area contributed by atoms with E-state index in [9.17, 15) is 14.4 Å². The van der Waals surface area contributed by atoms with Crippen LogP contribution in [-0.2, 0) is 4.79 Å². The van der Waals surface area contributed by atoms with E-state index in [1.54, 1.807) is 12.1 Å². The van der Waals surface area contributed by atoms with Crippen molar-refractivity contribution >= 4 is 57.9 Å². The summed E-state index contributed by atoms with van der Waals surface area (Å²) in [5, 5.41) is 0.361. The maximum atomic E-state index is 12.6. The standard InChI is InChI=1S/C14H8Cl2N2O3S/c15-6-1-2-8-7(5-6)11(13(20)18(8)14(17)21)12(19)9-3-4-10(16)22-9/h1-5,11H,(H2,17,21). The number of imide groups is 1. The molecule has 1 unspecified atom stereocenters. The van der Waals surface area contributed by atoms with E-state index >= 15 is 0 Å². The lowest BCUT2D eigenvalue weighted by Gasteiger charge is -2.12. The van der Waals surface area contributed by atoms with E-state index in [1.807, 2.05) is 0 Å². The fraction of sp³-hybridized carbons (Fsp3) is 0.0714. The quantitative estimate of drug-likeness (QED) is 0.662. The number of nitrogens with zero attached hydrogens (tertiary/aromatic N) is 1. The van der Waals surface area contributed by atoms with Gasteiger partial charge in [-0.15, -0.1) is 11.3 Å². The van der Waals surface area contributed by atoms with E-state index in [0.717, 1.165) is 16.2 Å². The minimum Gasteiger partial charge on any atom is -0.351 e. The van der Waals surface area contributed by atoms with Gasteiger partial charge in [0.2, 0.25) is 0 Å². The average molecular weight is 355 g/mol. The molecule has 1 aliphatic heterocycles. The third kappa shape index (κ3) is 2.29. The number of carbonyl (C=O) groups is 3. The molecular weight excluding hydrogens is 347 g/mol. The van der Waals surface area contributed by atoms with E-state index in [2.05, 4.69) is 0 Å². The first kappa shape index (κ1) is 15.0. The predicted octanol–water partition coefficient (Wildman–Crippen LogP) is 3.45. The first-order chi connectivity index (χ1) is 10.4. The van der Waals surface area contributed by atoms with Crippen LogP contribution in [0.4, 0.5) is 10.5 Å². The number of hydrogen-bond donors (Lipinski definition) is 1. The monoisotopic (exact) mass is 354 g/mol. The topological polar surface area (TPSA) is 80.5 Å². The zero-order valence-corrected chi connectivity index (χ0v) is 13.2. The van der Waals surface area contributed by atoms with Gasteiger partial charge in [-0.3, -0.25) is 9.59 Å². The molecule has 0 spiro atoms. The van der Waals surface area contributed by atoms with Crippen molar-refractivity contribution in [3.05, 3.63) is 50.1 Å². The first-order valence-electron chi connectivity index (χ1n) is 6.12. The molecule has 1 aromatic carbocycles. The van der Waals surface area contributed by atoms with Crippen molar-refractivity contribution in [2.24, 2.45) is 5.73 Å². The van der Waals surface area contributed by atoms with Crippen LogP contribution in [0.5, 0.6) is 0 Å². The Labute approximate surface area is 139 Å². The Balaban J connectivity index is 2.12. The Morgan fingerprint density at radius 3 is 2.50 bits per heavy atom. The highest BCUT2D eigenvalue weighted by Crippen LogP contribution is 2.41. The molecule has 3 amide bonds. The third-order valence-electron chi connectivity index (χ3n) is 3.31. The summed E-state index contributed by atoms with van der Waals surface area (Å²) in [5.41, 5.74) is 5.90. The summed E-state index contributed by atoms with van der Waals surface area (Å²) in [4.78, 5) is 37.8. The predicted molar refractivity (Wildman–Crippen MR) is 84.9 cm³/mol. The highest BCUT2D eigenvalue weighted by Gasteiger charge is 2.44. The van der Waals surface area contributed by atoms with Gasteiger partial charge in [-0.2, -0.15) is 0 Å². The van der Waals surface area contributed by atoms with Crippen LogP contribution in [0.25, 0.3) is 0 Å². The van der Waals surface area contributed by atoms with Crippen LogP contribution in [-0.4, -0.2) is 17.7 Å². The largest absolute Gasteiger partial charge is 0.351 e. The molecule has 0 bridgehead atoms. The maximum Gasteiger partial charge on any atom is 0.326 e. The molecule has 0 radical (unpaired) electrons. The number of thiophene rings is 1. The van der Waals surface area contributed by atoms with Crippen LogP contribution in [0.3, 0.4) is 0 Å².